The van der Waals surface area contributed by atoms with Gasteiger partial charge in [0.1, 0.15) is 5.75 Å². The van der Waals surface area contributed by atoms with Gasteiger partial charge in [0.15, 0.2) is 5.82 Å². The second-order valence-corrected chi connectivity index (χ2v) is 5.37. The fourth-order valence-electron chi connectivity index (χ4n) is 1.58. The molecule has 0 radical (unpaired) electrons. The summed E-state index contributed by atoms with van der Waals surface area (Å²) in [5.74, 6) is 0.938. The molecule has 6 heteroatoms. The van der Waals surface area contributed by atoms with Gasteiger partial charge in [0, 0.05) is 12.4 Å². The number of rotatable bonds is 3. The normalized spacial score (nSPS) is 11.4. The van der Waals surface area contributed by atoms with Crippen LogP contribution in [0, 0.1) is 0 Å². The summed E-state index contributed by atoms with van der Waals surface area (Å²) >= 11 is 0. The average molecular weight is 252 g/mol. The molecule has 0 saturated carbocycles. The lowest BCUT2D eigenvalue weighted by atomic mass is 10.2. The summed E-state index contributed by atoms with van der Waals surface area (Å²) in [6.07, 6.45) is 3.99. The molecule has 90 valence electrons. The van der Waals surface area contributed by atoms with E-state index in [4.69, 9.17) is 4.74 Å². The molecule has 1 heterocycles. The largest absolute Gasteiger partial charge is 0.496 e. The minimum atomic E-state index is -3.36. The fraction of sp³-hybridized carbons (Fsp3) is 0.182. The van der Waals surface area contributed by atoms with Crippen LogP contribution in [0.5, 0.6) is 5.75 Å². The number of hydrogen-bond donors (Lipinski definition) is 0. The zero-order valence-corrected chi connectivity index (χ0v) is 10.3. The smallest absolute Gasteiger partial charge is 0.237 e. The summed E-state index contributed by atoms with van der Waals surface area (Å²) in [6, 6.07) is 7.15. The molecule has 17 heavy (non-hydrogen) atoms. The number of ether oxygens (including phenoxy) is 1. The highest BCUT2D eigenvalue weighted by molar-refractivity contribution is 7.89. The van der Waals surface area contributed by atoms with Gasteiger partial charge in [-0.3, -0.25) is 0 Å². The third-order valence-electron chi connectivity index (χ3n) is 2.31. The maximum atomic E-state index is 11.6. The molecule has 0 aliphatic heterocycles. The molecule has 0 atom stereocenters. The monoisotopic (exact) mass is 252 g/mol. The first-order valence-electron chi connectivity index (χ1n) is 4.91. The topological polar surface area (TPSA) is 61.2 Å². The first-order valence-corrected chi connectivity index (χ1v) is 6.76. The third-order valence-corrected chi connectivity index (χ3v) is 3.32. The van der Waals surface area contributed by atoms with Crippen molar-refractivity contribution in [2.75, 3.05) is 13.4 Å². The van der Waals surface area contributed by atoms with E-state index in [1.54, 1.807) is 18.2 Å². The summed E-state index contributed by atoms with van der Waals surface area (Å²) in [7, 11) is -1.83. The van der Waals surface area contributed by atoms with Crippen molar-refractivity contribution in [1.29, 1.82) is 0 Å². The van der Waals surface area contributed by atoms with Gasteiger partial charge in [-0.2, -0.15) is 0 Å². The standard InChI is InChI=1S/C11H12N2O3S/c1-16-10-6-4-3-5-9(10)11-12-7-8-13(11)17(2,14)15/h3-8H,1-2H3. The Balaban J connectivity index is 2.66. The van der Waals surface area contributed by atoms with E-state index in [2.05, 4.69) is 4.98 Å². The number of benzene rings is 1. The highest BCUT2D eigenvalue weighted by atomic mass is 32.2. The van der Waals surface area contributed by atoms with E-state index in [0.29, 0.717) is 17.1 Å². The Bertz CT molecular complexity index is 632. The molecule has 0 unspecified atom stereocenters. The summed E-state index contributed by atoms with van der Waals surface area (Å²) in [6.45, 7) is 0. The van der Waals surface area contributed by atoms with Gasteiger partial charge in [-0.1, -0.05) is 12.1 Å². The Morgan fingerprint density at radius 3 is 2.65 bits per heavy atom. The van der Waals surface area contributed by atoms with Crippen LogP contribution in [-0.4, -0.2) is 30.7 Å². The van der Waals surface area contributed by atoms with Crippen LogP contribution < -0.4 is 4.74 Å². The number of imidazole rings is 1. The van der Waals surface area contributed by atoms with Crippen molar-refractivity contribution in [3.05, 3.63) is 36.7 Å². The second kappa shape index (κ2) is 4.21. The number of para-hydroxylation sites is 1. The van der Waals surface area contributed by atoms with E-state index in [0.717, 1.165) is 10.2 Å². The van der Waals surface area contributed by atoms with Gasteiger partial charge in [-0.25, -0.2) is 17.4 Å². The van der Waals surface area contributed by atoms with Crippen LogP contribution in [0.3, 0.4) is 0 Å². The van der Waals surface area contributed by atoms with Crippen LogP contribution in [0.4, 0.5) is 0 Å². The lowest BCUT2D eigenvalue weighted by molar-refractivity contribution is 0.416. The molecule has 0 fully saturated rings. The lowest BCUT2D eigenvalue weighted by Gasteiger charge is -2.09. The van der Waals surface area contributed by atoms with Crippen LogP contribution in [-0.2, 0) is 10.0 Å². The molecule has 1 aromatic carbocycles. The van der Waals surface area contributed by atoms with Gasteiger partial charge in [-0.15, -0.1) is 0 Å². The molecule has 0 spiro atoms. The SMILES string of the molecule is COc1ccccc1-c1nccn1S(C)(=O)=O. The summed E-state index contributed by atoms with van der Waals surface area (Å²) < 4.78 is 29.5. The van der Waals surface area contributed by atoms with Gasteiger partial charge in [0.2, 0.25) is 10.0 Å². The van der Waals surface area contributed by atoms with Crippen molar-refractivity contribution < 1.29 is 13.2 Å². The summed E-state index contributed by atoms with van der Waals surface area (Å²) in [5, 5.41) is 0. The molecular formula is C11H12N2O3S. The Hall–Kier alpha value is -1.82. The van der Waals surface area contributed by atoms with Crippen LogP contribution in [0.2, 0.25) is 0 Å². The van der Waals surface area contributed by atoms with E-state index in [1.165, 1.54) is 19.5 Å². The van der Waals surface area contributed by atoms with E-state index >= 15 is 0 Å². The molecule has 0 bridgehead atoms. The molecule has 5 nitrogen and oxygen atoms in total. The lowest BCUT2D eigenvalue weighted by Crippen LogP contribution is -2.10. The fourth-order valence-corrected chi connectivity index (χ4v) is 2.31. The molecule has 0 aliphatic rings. The third kappa shape index (κ3) is 2.16. The van der Waals surface area contributed by atoms with Crippen molar-refractivity contribution in [1.82, 2.24) is 8.96 Å². The van der Waals surface area contributed by atoms with Gasteiger partial charge in [0.05, 0.1) is 18.9 Å². The zero-order chi connectivity index (χ0) is 12.5. The Kier molecular flexibility index (Phi) is 2.89. The minimum absolute atomic E-state index is 0.352. The highest BCUT2D eigenvalue weighted by Crippen LogP contribution is 2.28. The number of aromatic nitrogens is 2. The number of nitrogens with zero attached hydrogens (tertiary/aromatic N) is 2. The average Bonchev–Trinajstić information content (AvgIpc) is 2.77. The van der Waals surface area contributed by atoms with Gasteiger partial charge in [-0.05, 0) is 12.1 Å². The van der Waals surface area contributed by atoms with Crippen LogP contribution in [0.25, 0.3) is 11.4 Å². The Morgan fingerprint density at radius 1 is 1.29 bits per heavy atom. The molecule has 0 aliphatic carbocycles. The zero-order valence-electron chi connectivity index (χ0n) is 9.49. The number of hydrogen-bond acceptors (Lipinski definition) is 4. The number of methoxy groups -OCH3 is 1. The minimum Gasteiger partial charge on any atom is -0.496 e. The van der Waals surface area contributed by atoms with E-state index < -0.39 is 10.0 Å². The Labute approximate surface area is 99.7 Å². The molecular weight excluding hydrogens is 240 g/mol. The predicted octanol–water partition coefficient (Wildman–Crippen LogP) is 1.37. The van der Waals surface area contributed by atoms with Gasteiger partial charge in [0.25, 0.3) is 0 Å². The van der Waals surface area contributed by atoms with Crippen molar-refractivity contribution in [2.45, 2.75) is 0 Å². The maximum Gasteiger partial charge on any atom is 0.237 e. The second-order valence-electron chi connectivity index (χ2n) is 3.51. The summed E-state index contributed by atoms with van der Waals surface area (Å²) in [4.78, 5) is 4.07. The van der Waals surface area contributed by atoms with Crippen LogP contribution in [0.15, 0.2) is 36.7 Å². The van der Waals surface area contributed by atoms with E-state index in [9.17, 15) is 8.42 Å². The quantitative estimate of drug-likeness (QED) is 0.827. The molecule has 2 rings (SSSR count). The molecule has 2 aromatic rings. The van der Waals surface area contributed by atoms with Crippen molar-refractivity contribution in [2.24, 2.45) is 0 Å². The van der Waals surface area contributed by atoms with Crippen molar-refractivity contribution >= 4 is 10.0 Å². The van der Waals surface area contributed by atoms with Crippen molar-refractivity contribution in [3.8, 4) is 17.1 Å². The first-order chi connectivity index (χ1) is 8.04. The Morgan fingerprint density at radius 2 is 2.00 bits per heavy atom. The molecule has 1 aromatic heterocycles. The molecule has 0 amide bonds. The van der Waals surface area contributed by atoms with Gasteiger partial charge >= 0.3 is 0 Å². The molecule has 0 saturated heterocycles. The summed E-state index contributed by atoms with van der Waals surface area (Å²) in [5.41, 5.74) is 0.644. The predicted molar refractivity (Wildman–Crippen MR) is 64.5 cm³/mol. The van der Waals surface area contributed by atoms with Crippen molar-refractivity contribution in [3.63, 3.8) is 0 Å². The van der Waals surface area contributed by atoms with Crippen LogP contribution in [0.1, 0.15) is 0 Å². The highest BCUT2D eigenvalue weighted by Gasteiger charge is 2.16. The van der Waals surface area contributed by atoms with E-state index in [-0.39, 0.29) is 0 Å². The maximum absolute atomic E-state index is 11.6. The van der Waals surface area contributed by atoms with Crippen LogP contribution >= 0.6 is 0 Å². The van der Waals surface area contributed by atoms with E-state index in [1.807, 2.05) is 6.07 Å². The first kappa shape index (κ1) is 11.7. The molecule has 0 N–H and O–H groups in total. The van der Waals surface area contributed by atoms with Gasteiger partial charge < -0.3 is 4.74 Å².